The molecule has 0 unspecified atom stereocenters. The van der Waals surface area contributed by atoms with Crippen LogP contribution in [-0.4, -0.2) is 40.1 Å². The normalized spacial score (nSPS) is 31.0. The molecule has 6 heteroatoms. The molecule has 1 aromatic rings. The summed E-state index contributed by atoms with van der Waals surface area (Å²) in [5.41, 5.74) is 5.94. The first-order chi connectivity index (χ1) is 9.11. The molecule has 1 aromatic heterocycles. The molecule has 0 bridgehead atoms. The van der Waals surface area contributed by atoms with Crippen molar-refractivity contribution in [2.24, 2.45) is 5.41 Å². The second kappa shape index (κ2) is 4.76. The average molecular weight is 281 g/mol. The lowest BCUT2D eigenvalue weighted by Gasteiger charge is -2.42. The number of aliphatic hydroxyl groups excluding tert-OH is 1. The van der Waals surface area contributed by atoms with Crippen LogP contribution in [0, 0.1) is 5.41 Å². The second-order valence-electron chi connectivity index (χ2n) is 5.67. The summed E-state index contributed by atoms with van der Waals surface area (Å²) < 4.78 is 0. The SMILES string of the molecule is Nc1nc(C(=O)N2CCC[C@@]3(CCC[C@H]3O)C2)cs1. The topological polar surface area (TPSA) is 79.5 Å². The summed E-state index contributed by atoms with van der Waals surface area (Å²) in [7, 11) is 0. The summed E-state index contributed by atoms with van der Waals surface area (Å²) in [5, 5.41) is 12.3. The number of carbonyl (C=O) groups is 1. The molecule has 3 N–H and O–H groups in total. The number of carbonyl (C=O) groups excluding carboxylic acids is 1. The molecule has 1 spiro atoms. The van der Waals surface area contributed by atoms with Gasteiger partial charge in [0.1, 0.15) is 5.69 Å². The molecule has 0 radical (unpaired) electrons. The molecule has 3 rings (SSSR count). The van der Waals surface area contributed by atoms with Gasteiger partial charge in [-0.3, -0.25) is 4.79 Å². The quantitative estimate of drug-likeness (QED) is 0.817. The summed E-state index contributed by atoms with van der Waals surface area (Å²) in [6.07, 6.45) is 4.68. The summed E-state index contributed by atoms with van der Waals surface area (Å²) in [6, 6.07) is 0. The standard InChI is InChI=1S/C13H19N3O2S/c14-12-15-9(7-19-12)11(18)16-6-2-5-13(8-16)4-1-3-10(13)17/h7,10,17H,1-6,8H2,(H2,14,15)/t10-,13+/m1/s1. The lowest BCUT2D eigenvalue weighted by Crippen LogP contribution is -2.49. The van der Waals surface area contributed by atoms with Crippen LogP contribution < -0.4 is 5.73 Å². The minimum Gasteiger partial charge on any atom is -0.392 e. The Hall–Kier alpha value is -1.14. The first kappa shape index (κ1) is 12.9. The Kier molecular flexibility index (Phi) is 3.22. The number of rotatable bonds is 1. The predicted octanol–water partition coefficient (Wildman–Crippen LogP) is 1.49. The van der Waals surface area contributed by atoms with E-state index in [0.29, 0.717) is 17.4 Å². The maximum Gasteiger partial charge on any atom is 0.273 e. The summed E-state index contributed by atoms with van der Waals surface area (Å²) in [4.78, 5) is 18.3. The van der Waals surface area contributed by atoms with Crippen molar-refractivity contribution >= 4 is 22.4 Å². The van der Waals surface area contributed by atoms with E-state index in [1.54, 1.807) is 5.38 Å². The predicted molar refractivity (Wildman–Crippen MR) is 74.0 cm³/mol. The van der Waals surface area contributed by atoms with Crippen LogP contribution in [0.3, 0.4) is 0 Å². The van der Waals surface area contributed by atoms with E-state index >= 15 is 0 Å². The molecule has 1 aliphatic carbocycles. The maximum absolute atomic E-state index is 12.4. The summed E-state index contributed by atoms with van der Waals surface area (Å²) in [6.45, 7) is 1.41. The van der Waals surface area contributed by atoms with Crippen molar-refractivity contribution in [1.82, 2.24) is 9.88 Å². The van der Waals surface area contributed by atoms with Gasteiger partial charge in [-0.15, -0.1) is 11.3 Å². The van der Waals surface area contributed by atoms with E-state index in [0.717, 1.165) is 38.6 Å². The molecule has 1 saturated carbocycles. The second-order valence-corrected chi connectivity index (χ2v) is 6.56. The number of likely N-dealkylation sites (tertiary alicyclic amines) is 1. The maximum atomic E-state index is 12.4. The van der Waals surface area contributed by atoms with Crippen LogP contribution in [0.1, 0.15) is 42.6 Å². The number of nitrogen functional groups attached to an aromatic ring is 1. The number of anilines is 1. The average Bonchev–Trinajstić information content (AvgIpc) is 2.97. The van der Waals surface area contributed by atoms with Crippen molar-refractivity contribution in [1.29, 1.82) is 0 Å². The number of piperidine rings is 1. The molecule has 5 nitrogen and oxygen atoms in total. The van der Waals surface area contributed by atoms with Crippen molar-refractivity contribution in [2.75, 3.05) is 18.8 Å². The molecule has 2 heterocycles. The van der Waals surface area contributed by atoms with Gasteiger partial charge in [-0.2, -0.15) is 0 Å². The van der Waals surface area contributed by atoms with Gasteiger partial charge in [0.25, 0.3) is 5.91 Å². The van der Waals surface area contributed by atoms with Gasteiger partial charge in [0, 0.05) is 23.9 Å². The lowest BCUT2D eigenvalue weighted by molar-refractivity contribution is -0.00552. The molecular formula is C13H19N3O2S. The third kappa shape index (κ3) is 2.23. The first-order valence-electron chi connectivity index (χ1n) is 6.79. The molecule has 2 aliphatic rings. The van der Waals surface area contributed by atoms with Gasteiger partial charge in [-0.25, -0.2) is 4.98 Å². The highest BCUT2D eigenvalue weighted by Gasteiger charge is 2.45. The minimum absolute atomic E-state index is 0.0499. The van der Waals surface area contributed by atoms with Gasteiger partial charge in [0.2, 0.25) is 0 Å². The van der Waals surface area contributed by atoms with Gasteiger partial charge >= 0.3 is 0 Å². The summed E-state index contributed by atoms with van der Waals surface area (Å²) in [5.74, 6) is -0.0499. The largest absolute Gasteiger partial charge is 0.392 e. The van der Waals surface area contributed by atoms with Crippen molar-refractivity contribution in [2.45, 2.75) is 38.2 Å². The number of hydrogen-bond acceptors (Lipinski definition) is 5. The Bertz CT molecular complexity index is 490. The van der Waals surface area contributed by atoms with Crippen molar-refractivity contribution < 1.29 is 9.90 Å². The van der Waals surface area contributed by atoms with Crippen molar-refractivity contribution in [3.05, 3.63) is 11.1 Å². The van der Waals surface area contributed by atoms with E-state index < -0.39 is 0 Å². The molecule has 2 atom stereocenters. The van der Waals surface area contributed by atoms with Gasteiger partial charge < -0.3 is 15.7 Å². The van der Waals surface area contributed by atoms with E-state index in [-0.39, 0.29) is 17.4 Å². The van der Waals surface area contributed by atoms with E-state index in [1.807, 2.05) is 4.90 Å². The zero-order chi connectivity index (χ0) is 13.5. The Balaban J connectivity index is 1.76. The van der Waals surface area contributed by atoms with Gasteiger partial charge in [-0.1, -0.05) is 6.42 Å². The third-order valence-electron chi connectivity index (χ3n) is 4.50. The highest BCUT2D eigenvalue weighted by Crippen LogP contribution is 2.45. The molecule has 0 aromatic carbocycles. The number of aliphatic hydroxyl groups is 1. The Labute approximate surface area is 116 Å². The van der Waals surface area contributed by atoms with Gasteiger partial charge in [0.15, 0.2) is 5.13 Å². The third-order valence-corrected chi connectivity index (χ3v) is 5.17. The number of thiazole rings is 1. The van der Waals surface area contributed by atoms with Crippen LogP contribution in [-0.2, 0) is 0 Å². The van der Waals surface area contributed by atoms with Gasteiger partial charge in [-0.05, 0) is 25.7 Å². The molecule has 2 fully saturated rings. The van der Waals surface area contributed by atoms with Crippen LogP contribution in [0.25, 0.3) is 0 Å². The van der Waals surface area contributed by atoms with E-state index in [9.17, 15) is 9.90 Å². The number of aromatic nitrogens is 1. The monoisotopic (exact) mass is 281 g/mol. The van der Waals surface area contributed by atoms with E-state index in [2.05, 4.69) is 4.98 Å². The van der Waals surface area contributed by atoms with Crippen molar-refractivity contribution in [3.63, 3.8) is 0 Å². The number of nitrogens with zero attached hydrogens (tertiary/aromatic N) is 2. The van der Waals surface area contributed by atoms with Crippen LogP contribution in [0.4, 0.5) is 5.13 Å². The number of amides is 1. The summed E-state index contributed by atoms with van der Waals surface area (Å²) >= 11 is 1.29. The van der Waals surface area contributed by atoms with E-state index in [4.69, 9.17) is 5.73 Å². The molecule has 1 saturated heterocycles. The number of hydrogen-bond donors (Lipinski definition) is 2. The lowest BCUT2D eigenvalue weighted by atomic mass is 9.76. The zero-order valence-corrected chi connectivity index (χ0v) is 11.7. The molecule has 104 valence electrons. The Morgan fingerprint density at radius 3 is 2.95 bits per heavy atom. The van der Waals surface area contributed by atoms with Crippen molar-refractivity contribution in [3.8, 4) is 0 Å². The van der Waals surface area contributed by atoms with Gasteiger partial charge in [0.05, 0.1) is 6.10 Å². The fraction of sp³-hybridized carbons (Fsp3) is 0.692. The zero-order valence-electron chi connectivity index (χ0n) is 10.8. The van der Waals surface area contributed by atoms with Crippen LogP contribution >= 0.6 is 11.3 Å². The Morgan fingerprint density at radius 1 is 1.53 bits per heavy atom. The smallest absolute Gasteiger partial charge is 0.273 e. The van der Waals surface area contributed by atoms with Crippen LogP contribution in [0.5, 0.6) is 0 Å². The highest BCUT2D eigenvalue weighted by molar-refractivity contribution is 7.13. The molecular weight excluding hydrogens is 262 g/mol. The fourth-order valence-electron chi connectivity index (χ4n) is 3.48. The Morgan fingerprint density at radius 2 is 2.32 bits per heavy atom. The number of nitrogens with two attached hydrogens (primary N) is 1. The highest BCUT2D eigenvalue weighted by atomic mass is 32.1. The molecule has 1 aliphatic heterocycles. The molecule has 19 heavy (non-hydrogen) atoms. The fourth-order valence-corrected chi connectivity index (χ4v) is 4.01. The van der Waals surface area contributed by atoms with E-state index in [1.165, 1.54) is 11.3 Å². The van der Waals surface area contributed by atoms with Crippen LogP contribution in [0.15, 0.2) is 5.38 Å². The first-order valence-corrected chi connectivity index (χ1v) is 7.67. The van der Waals surface area contributed by atoms with Crippen LogP contribution in [0.2, 0.25) is 0 Å². The molecule has 1 amide bonds. The minimum atomic E-state index is -0.261.